The second-order valence-corrected chi connectivity index (χ2v) is 4.99. The van der Waals surface area contributed by atoms with E-state index < -0.39 is 0 Å². The van der Waals surface area contributed by atoms with E-state index in [0.29, 0.717) is 17.5 Å². The molecule has 0 aliphatic rings. The molecule has 0 spiro atoms. The Balaban J connectivity index is 2.10. The number of phenolic OH excluding ortho intramolecular Hbond substituents is 2. The summed E-state index contributed by atoms with van der Waals surface area (Å²) in [5, 5.41) is 20.3. The first-order valence-electron chi connectivity index (χ1n) is 6.89. The predicted octanol–water partition coefficient (Wildman–Crippen LogP) is 4.36. The molecule has 2 N–H and O–H groups in total. The lowest BCUT2D eigenvalue weighted by Crippen LogP contribution is -1.93. The van der Waals surface area contributed by atoms with Crippen LogP contribution >= 0.6 is 0 Å². The summed E-state index contributed by atoms with van der Waals surface area (Å²) in [6.07, 6.45) is 0.707. The highest BCUT2D eigenvalue weighted by Crippen LogP contribution is 2.38. The minimum Gasteiger partial charge on any atom is -0.507 e. The molecule has 0 saturated carbocycles. The Morgan fingerprint density at radius 3 is 2.05 bits per heavy atom. The van der Waals surface area contributed by atoms with Crippen LogP contribution in [0.25, 0.3) is 11.1 Å². The quantitative estimate of drug-likeness (QED) is 0.746. The van der Waals surface area contributed by atoms with E-state index in [1.165, 1.54) is 5.56 Å². The van der Waals surface area contributed by atoms with Gasteiger partial charge in [0.1, 0.15) is 11.5 Å². The van der Waals surface area contributed by atoms with Crippen molar-refractivity contribution in [3.63, 3.8) is 0 Å². The maximum atomic E-state index is 10.2. The van der Waals surface area contributed by atoms with Crippen molar-refractivity contribution in [2.45, 2.75) is 6.42 Å². The minimum atomic E-state index is 0.174. The van der Waals surface area contributed by atoms with E-state index in [9.17, 15) is 10.2 Å². The van der Waals surface area contributed by atoms with Crippen LogP contribution in [0, 0.1) is 0 Å². The number of aromatic hydroxyl groups is 2. The summed E-state index contributed by atoms with van der Waals surface area (Å²) in [6, 6.07) is 22.6. The van der Waals surface area contributed by atoms with Crippen molar-refractivity contribution < 1.29 is 10.2 Å². The molecule has 0 aliphatic carbocycles. The highest BCUT2D eigenvalue weighted by molar-refractivity contribution is 5.78. The third-order valence-electron chi connectivity index (χ3n) is 3.54. The first-order chi connectivity index (χ1) is 10.3. The van der Waals surface area contributed by atoms with E-state index in [1.807, 2.05) is 42.5 Å². The standard InChI is InChI=1S/C19H16O2/c20-17-11-5-4-10-16(17)19-15(9-6-12-18(19)21)13-14-7-2-1-3-8-14/h1-12,20-21H,13H2. The fourth-order valence-corrected chi connectivity index (χ4v) is 2.55. The second-order valence-electron chi connectivity index (χ2n) is 4.99. The monoisotopic (exact) mass is 276 g/mol. The van der Waals surface area contributed by atoms with Gasteiger partial charge in [0.2, 0.25) is 0 Å². The van der Waals surface area contributed by atoms with Gasteiger partial charge in [-0.25, -0.2) is 0 Å². The lowest BCUT2D eigenvalue weighted by Gasteiger charge is -2.13. The van der Waals surface area contributed by atoms with Gasteiger partial charge in [-0.1, -0.05) is 60.7 Å². The largest absolute Gasteiger partial charge is 0.507 e. The van der Waals surface area contributed by atoms with Crippen molar-refractivity contribution in [3.8, 4) is 22.6 Å². The first-order valence-corrected chi connectivity index (χ1v) is 6.89. The van der Waals surface area contributed by atoms with Crippen LogP contribution in [-0.2, 0) is 6.42 Å². The fourth-order valence-electron chi connectivity index (χ4n) is 2.55. The van der Waals surface area contributed by atoms with Crippen LogP contribution in [0.15, 0.2) is 72.8 Å². The molecule has 3 aromatic carbocycles. The van der Waals surface area contributed by atoms with Crippen LogP contribution in [0.1, 0.15) is 11.1 Å². The van der Waals surface area contributed by atoms with E-state index >= 15 is 0 Å². The van der Waals surface area contributed by atoms with Crippen LogP contribution in [0.3, 0.4) is 0 Å². The number of hydrogen-bond acceptors (Lipinski definition) is 2. The molecule has 0 unspecified atom stereocenters. The van der Waals surface area contributed by atoms with Gasteiger partial charge in [-0.15, -0.1) is 0 Å². The van der Waals surface area contributed by atoms with Gasteiger partial charge in [-0.05, 0) is 29.7 Å². The van der Waals surface area contributed by atoms with Gasteiger partial charge >= 0.3 is 0 Å². The van der Waals surface area contributed by atoms with Crippen LogP contribution in [0.4, 0.5) is 0 Å². The summed E-state index contributed by atoms with van der Waals surface area (Å²) >= 11 is 0. The second kappa shape index (κ2) is 5.71. The zero-order valence-corrected chi connectivity index (χ0v) is 11.5. The average molecular weight is 276 g/mol. The van der Waals surface area contributed by atoms with Gasteiger partial charge in [0.15, 0.2) is 0 Å². The molecule has 0 amide bonds. The molecule has 0 atom stereocenters. The molecule has 0 aromatic heterocycles. The van der Waals surface area contributed by atoms with E-state index in [2.05, 4.69) is 12.1 Å². The van der Waals surface area contributed by atoms with E-state index in [0.717, 1.165) is 5.56 Å². The third-order valence-corrected chi connectivity index (χ3v) is 3.54. The molecule has 0 radical (unpaired) electrons. The molecule has 3 aromatic rings. The van der Waals surface area contributed by atoms with Gasteiger partial charge in [-0.3, -0.25) is 0 Å². The molecule has 0 fully saturated rings. The minimum absolute atomic E-state index is 0.174. The van der Waals surface area contributed by atoms with E-state index in [-0.39, 0.29) is 11.5 Å². The Hall–Kier alpha value is -2.74. The zero-order chi connectivity index (χ0) is 14.7. The van der Waals surface area contributed by atoms with Crippen molar-refractivity contribution in [2.24, 2.45) is 0 Å². The highest BCUT2D eigenvalue weighted by Gasteiger charge is 2.13. The Bertz CT molecular complexity index is 749. The molecule has 2 heteroatoms. The molecule has 21 heavy (non-hydrogen) atoms. The van der Waals surface area contributed by atoms with Crippen LogP contribution < -0.4 is 0 Å². The Morgan fingerprint density at radius 1 is 0.619 bits per heavy atom. The van der Waals surface area contributed by atoms with Gasteiger partial charge in [0, 0.05) is 11.1 Å². The zero-order valence-electron chi connectivity index (χ0n) is 11.5. The summed E-state index contributed by atoms with van der Waals surface area (Å²) < 4.78 is 0. The Labute approximate surface area is 123 Å². The van der Waals surface area contributed by atoms with Crippen LogP contribution in [0.5, 0.6) is 11.5 Å². The molecule has 0 heterocycles. The lowest BCUT2D eigenvalue weighted by molar-refractivity contribution is 0.468. The molecule has 0 saturated heterocycles. The molecule has 2 nitrogen and oxygen atoms in total. The molecular weight excluding hydrogens is 260 g/mol. The normalized spacial score (nSPS) is 10.5. The summed E-state index contributed by atoms with van der Waals surface area (Å²) in [7, 11) is 0. The summed E-state index contributed by atoms with van der Waals surface area (Å²) in [5.74, 6) is 0.359. The van der Waals surface area contributed by atoms with Crippen molar-refractivity contribution in [3.05, 3.63) is 83.9 Å². The number of para-hydroxylation sites is 1. The smallest absolute Gasteiger partial charge is 0.123 e. The van der Waals surface area contributed by atoms with Gasteiger partial charge in [-0.2, -0.15) is 0 Å². The topological polar surface area (TPSA) is 40.5 Å². The van der Waals surface area contributed by atoms with Gasteiger partial charge < -0.3 is 10.2 Å². The third kappa shape index (κ3) is 2.75. The summed E-state index contributed by atoms with van der Waals surface area (Å²) in [5.41, 5.74) is 3.50. The van der Waals surface area contributed by atoms with Crippen molar-refractivity contribution in [1.82, 2.24) is 0 Å². The van der Waals surface area contributed by atoms with Crippen molar-refractivity contribution >= 4 is 0 Å². The van der Waals surface area contributed by atoms with Gasteiger partial charge in [0.05, 0.1) is 0 Å². The molecular formula is C19H16O2. The van der Waals surface area contributed by atoms with Crippen molar-refractivity contribution in [1.29, 1.82) is 0 Å². The number of benzene rings is 3. The van der Waals surface area contributed by atoms with E-state index in [1.54, 1.807) is 18.2 Å². The van der Waals surface area contributed by atoms with Gasteiger partial charge in [0.25, 0.3) is 0 Å². The lowest BCUT2D eigenvalue weighted by atomic mass is 9.93. The summed E-state index contributed by atoms with van der Waals surface area (Å²) in [6.45, 7) is 0. The fraction of sp³-hybridized carbons (Fsp3) is 0.0526. The predicted molar refractivity (Wildman–Crippen MR) is 84.5 cm³/mol. The molecule has 3 rings (SSSR count). The Morgan fingerprint density at radius 2 is 1.29 bits per heavy atom. The maximum absolute atomic E-state index is 10.2. The Kier molecular flexibility index (Phi) is 3.61. The number of rotatable bonds is 3. The molecule has 104 valence electrons. The average Bonchev–Trinajstić information content (AvgIpc) is 2.50. The van der Waals surface area contributed by atoms with Crippen LogP contribution in [-0.4, -0.2) is 10.2 Å². The van der Waals surface area contributed by atoms with E-state index in [4.69, 9.17) is 0 Å². The number of phenols is 2. The van der Waals surface area contributed by atoms with Crippen molar-refractivity contribution in [2.75, 3.05) is 0 Å². The highest BCUT2D eigenvalue weighted by atomic mass is 16.3. The van der Waals surface area contributed by atoms with Crippen LogP contribution in [0.2, 0.25) is 0 Å². The molecule has 0 aliphatic heterocycles. The maximum Gasteiger partial charge on any atom is 0.123 e. The first kappa shape index (κ1) is 13.3. The molecule has 0 bridgehead atoms. The SMILES string of the molecule is Oc1ccccc1-c1c(O)cccc1Cc1ccccc1. The summed E-state index contributed by atoms with van der Waals surface area (Å²) in [4.78, 5) is 0. The number of hydrogen-bond donors (Lipinski definition) is 2.